The Bertz CT molecular complexity index is 985. The van der Waals surface area contributed by atoms with Crippen molar-refractivity contribution in [1.29, 1.82) is 0 Å². The molecule has 1 N–H and O–H groups in total. The van der Waals surface area contributed by atoms with Crippen molar-refractivity contribution < 1.29 is 27.8 Å². The van der Waals surface area contributed by atoms with Crippen LogP contribution in [-0.2, 0) is 27.3 Å². The summed E-state index contributed by atoms with van der Waals surface area (Å²) in [7, 11) is 1.53. The van der Waals surface area contributed by atoms with Gasteiger partial charge in [-0.3, -0.25) is 9.69 Å². The number of rotatable bonds is 5. The number of hydrogen-bond acceptors (Lipinski definition) is 4. The minimum Gasteiger partial charge on any atom is -0.445 e. The quantitative estimate of drug-likeness (QED) is 0.760. The first-order valence-electron chi connectivity index (χ1n) is 10.7. The lowest BCUT2D eigenvalue weighted by Gasteiger charge is -2.29. The van der Waals surface area contributed by atoms with Gasteiger partial charge in [-0.25, -0.2) is 13.6 Å². The number of fused-ring (bicyclic) bond motifs is 1. The fourth-order valence-electron chi connectivity index (χ4n) is 4.48. The van der Waals surface area contributed by atoms with Crippen LogP contribution in [0.15, 0.2) is 42.5 Å². The summed E-state index contributed by atoms with van der Waals surface area (Å²) in [4.78, 5) is 27.2. The second-order valence-electron chi connectivity index (χ2n) is 8.21. The zero-order valence-electron chi connectivity index (χ0n) is 17.9. The van der Waals surface area contributed by atoms with Crippen LogP contribution in [0.1, 0.15) is 42.0 Å². The molecule has 170 valence electrons. The number of carbonyl (C=O) groups excluding carboxylic acids is 2. The average molecular weight is 444 g/mol. The van der Waals surface area contributed by atoms with Crippen LogP contribution < -0.4 is 5.32 Å². The Hall–Kier alpha value is -3.00. The molecule has 3 atom stereocenters. The Morgan fingerprint density at radius 1 is 1.19 bits per heavy atom. The minimum atomic E-state index is -0.785. The Kier molecular flexibility index (Phi) is 6.69. The zero-order valence-corrected chi connectivity index (χ0v) is 17.9. The molecule has 1 aliphatic carbocycles. The normalized spacial score (nSPS) is 22.3. The van der Waals surface area contributed by atoms with Gasteiger partial charge in [0, 0.05) is 19.6 Å². The van der Waals surface area contributed by atoms with Crippen LogP contribution in [-0.4, -0.2) is 42.7 Å². The SMILES string of the molecule is CO[C@@H]1C[C@@H](C(=O)N[C@@H]2CCCc3c(F)cc(F)cc32)N(C(=O)OCc2ccccc2)C1. The number of benzene rings is 2. The maximum absolute atomic E-state index is 14.2. The molecule has 1 aliphatic heterocycles. The van der Waals surface area contributed by atoms with E-state index in [-0.39, 0.29) is 25.2 Å². The van der Waals surface area contributed by atoms with Crippen LogP contribution in [0.4, 0.5) is 13.6 Å². The standard InChI is InChI=1S/C24H26F2N2O4/c1-31-17-12-22(28(13-17)24(30)32-14-15-6-3-2-4-7-15)23(29)27-21-9-5-8-18-19(21)10-16(25)11-20(18)26/h2-4,6-7,10-11,17,21-22H,5,8-9,12-14H2,1H3,(H,27,29)/t17-,21-,22+/m1/s1. The Morgan fingerprint density at radius 3 is 2.72 bits per heavy atom. The highest BCUT2D eigenvalue weighted by molar-refractivity contribution is 5.86. The number of nitrogens with one attached hydrogen (secondary N) is 1. The molecule has 2 aliphatic rings. The molecule has 1 fully saturated rings. The lowest BCUT2D eigenvalue weighted by molar-refractivity contribution is -0.126. The zero-order chi connectivity index (χ0) is 22.7. The molecule has 1 heterocycles. The number of methoxy groups -OCH3 is 1. The van der Waals surface area contributed by atoms with E-state index < -0.39 is 29.8 Å². The highest BCUT2D eigenvalue weighted by Crippen LogP contribution is 2.33. The molecular formula is C24H26F2N2O4. The maximum atomic E-state index is 14.2. The third kappa shape index (κ3) is 4.75. The lowest BCUT2D eigenvalue weighted by atomic mass is 9.87. The van der Waals surface area contributed by atoms with Gasteiger partial charge >= 0.3 is 6.09 Å². The van der Waals surface area contributed by atoms with E-state index in [2.05, 4.69) is 5.32 Å². The molecule has 0 unspecified atom stereocenters. The van der Waals surface area contributed by atoms with Crippen molar-refractivity contribution in [3.63, 3.8) is 0 Å². The van der Waals surface area contributed by atoms with Gasteiger partial charge in [0.25, 0.3) is 0 Å². The molecular weight excluding hydrogens is 418 g/mol. The van der Waals surface area contributed by atoms with Gasteiger partial charge in [0.2, 0.25) is 5.91 Å². The maximum Gasteiger partial charge on any atom is 0.410 e. The molecule has 4 rings (SSSR count). The molecule has 0 saturated carbocycles. The summed E-state index contributed by atoms with van der Waals surface area (Å²) >= 11 is 0. The number of ether oxygens (including phenoxy) is 2. The molecule has 6 nitrogen and oxygen atoms in total. The summed E-state index contributed by atoms with van der Waals surface area (Å²) in [5, 5.41) is 2.90. The van der Waals surface area contributed by atoms with E-state index in [9.17, 15) is 18.4 Å². The van der Waals surface area contributed by atoms with E-state index in [1.54, 1.807) is 0 Å². The van der Waals surface area contributed by atoms with Gasteiger partial charge in [-0.2, -0.15) is 0 Å². The van der Waals surface area contributed by atoms with Gasteiger partial charge in [-0.05, 0) is 42.0 Å². The Labute approximate surface area is 185 Å². The van der Waals surface area contributed by atoms with Gasteiger partial charge in [0.05, 0.1) is 18.7 Å². The van der Waals surface area contributed by atoms with Crippen LogP contribution in [0.25, 0.3) is 0 Å². The molecule has 0 aromatic heterocycles. The molecule has 0 radical (unpaired) electrons. The summed E-state index contributed by atoms with van der Waals surface area (Å²) in [6.07, 6.45) is 1.16. The first-order valence-corrected chi connectivity index (χ1v) is 10.7. The number of nitrogens with zero attached hydrogens (tertiary/aromatic N) is 1. The smallest absolute Gasteiger partial charge is 0.410 e. The minimum absolute atomic E-state index is 0.0940. The monoisotopic (exact) mass is 444 g/mol. The van der Waals surface area contributed by atoms with Crippen molar-refractivity contribution in [3.05, 3.63) is 70.8 Å². The summed E-state index contributed by atoms with van der Waals surface area (Å²) in [6.45, 7) is 0.323. The van der Waals surface area contributed by atoms with E-state index in [4.69, 9.17) is 9.47 Å². The predicted octanol–water partition coefficient (Wildman–Crippen LogP) is 3.88. The van der Waals surface area contributed by atoms with Crippen LogP contribution in [0.3, 0.4) is 0 Å². The van der Waals surface area contributed by atoms with Crippen molar-refractivity contribution in [2.75, 3.05) is 13.7 Å². The molecule has 2 aromatic rings. The molecule has 2 aromatic carbocycles. The number of hydrogen-bond donors (Lipinski definition) is 1. The van der Waals surface area contributed by atoms with Crippen LogP contribution in [0.5, 0.6) is 0 Å². The number of likely N-dealkylation sites (tertiary alicyclic amines) is 1. The third-order valence-corrected chi connectivity index (χ3v) is 6.14. The Balaban J connectivity index is 1.46. The van der Waals surface area contributed by atoms with Crippen LogP contribution >= 0.6 is 0 Å². The summed E-state index contributed by atoms with van der Waals surface area (Å²) in [6, 6.07) is 10.1. The fraction of sp³-hybridized carbons (Fsp3) is 0.417. The summed E-state index contributed by atoms with van der Waals surface area (Å²) in [5.41, 5.74) is 1.73. The van der Waals surface area contributed by atoms with Crippen molar-refractivity contribution in [3.8, 4) is 0 Å². The topological polar surface area (TPSA) is 67.9 Å². The number of carbonyl (C=O) groups is 2. The molecule has 2 amide bonds. The van der Waals surface area contributed by atoms with Crippen molar-refractivity contribution in [2.45, 2.75) is 50.5 Å². The molecule has 1 saturated heterocycles. The average Bonchev–Trinajstić information content (AvgIpc) is 3.23. The summed E-state index contributed by atoms with van der Waals surface area (Å²) < 4.78 is 38.8. The highest BCUT2D eigenvalue weighted by atomic mass is 19.1. The van der Waals surface area contributed by atoms with Crippen molar-refractivity contribution in [2.24, 2.45) is 0 Å². The lowest BCUT2D eigenvalue weighted by Crippen LogP contribution is -2.47. The van der Waals surface area contributed by atoms with E-state index >= 15 is 0 Å². The van der Waals surface area contributed by atoms with E-state index in [1.807, 2.05) is 30.3 Å². The molecule has 8 heteroatoms. The van der Waals surface area contributed by atoms with Gasteiger partial charge in [-0.1, -0.05) is 30.3 Å². The molecule has 0 bridgehead atoms. The van der Waals surface area contributed by atoms with E-state index in [1.165, 1.54) is 18.1 Å². The highest BCUT2D eigenvalue weighted by Gasteiger charge is 2.41. The largest absolute Gasteiger partial charge is 0.445 e. The summed E-state index contributed by atoms with van der Waals surface area (Å²) in [5.74, 6) is -1.65. The van der Waals surface area contributed by atoms with Gasteiger partial charge in [0.1, 0.15) is 24.3 Å². The van der Waals surface area contributed by atoms with Crippen LogP contribution in [0, 0.1) is 11.6 Å². The first-order chi connectivity index (χ1) is 15.5. The van der Waals surface area contributed by atoms with Crippen LogP contribution in [0.2, 0.25) is 0 Å². The van der Waals surface area contributed by atoms with Crippen molar-refractivity contribution >= 4 is 12.0 Å². The van der Waals surface area contributed by atoms with Gasteiger partial charge < -0.3 is 14.8 Å². The fourth-order valence-corrected chi connectivity index (χ4v) is 4.48. The van der Waals surface area contributed by atoms with E-state index in [0.717, 1.165) is 11.6 Å². The van der Waals surface area contributed by atoms with Gasteiger partial charge in [-0.15, -0.1) is 0 Å². The Morgan fingerprint density at radius 2 is 1.97 bits per heavy atom. The number of amides is 2. The van der Waals surface area contributed by atoms with E-state index in [0.29, 0.717) is 36.8 Å². The number of halogens is 2. The van der Waals surface area contributed by atoms with Gasteiger partial charge in [0.15, 0.2) is 0 Å². The second-order valence-corrected chi connectivity index (χ2v) is 8.21. The first kappa shape index (κ1) is 22.2. The third-order valence-electron chi connectivity index (χ3n) is 6.14. The second kappa shape index (κ2) is 9.65. The van der Waals surface area contributed by atoms with Crippen molar-refractivity contribution in [1.82, 2.24) is 10.2 Å². The molecule has 0 spiro atoms. The predicted molar refractivity (Wildman–Crippen MR) is 113 cm³/mol. The molecule has 32 heavy (non-hydrogen) atoms.